The van der Waals surface area contributed by atoms with E-state index in [1.165, 1.54) is 0 Å². The topological polar surface area (TPSA) is 68.7 Å². The number of carbonyl (C=O) groups excluding carboxylic acids is 1. The van der Waals surface area contributed by atoms with Crippen LogP contribution in [0, 0.1) is 5.41 Å². The number of carbonyl (C=O) groups is 1. The maximum atomic E-state index is 13.1. The van der Waals surface area contributed by atoms with Crippen molar-refractivity contribution in [2.45, 2.75) is 31.4 Å². The minimum atomic E-state index is -0.819. The number of hydrogen-bond acceptors (Lipinski definition) is 6. The van der Waals surface area contributed by atoms with Crippen LogP contribution in [-0.4, -0.2) is 70.7 Å². The zero-order valence-corrected chi connectivity index (χ0v) is 14.1. The Morgan fingerprint density at radius 2 is 2.04 bits per heavy atom. The third kappa shape index (κ3) is 2.50. The quantitative estimate of drug-likeness (QED) is 0.827. The lowest BCUT2D eigenvalue weighted by atomic mass is 9.55. The number of nitrogens with zero attached hydrogens (tertiary/aromatic N) is 3. The van der Waals surface area contributed by atoms with Crippen LogP contribution in [0.1, 0.15) is 25.0 Å². The standard InChI is InChI=1S/C16H24N4O2S/c21-14(15(2-1-3-15)16(22)10-17-11-16)20-6-4-19(5-7-20)8-13-9-23-12-18-13/h9,12,17,22H,1-8,10-11H2. The zero-order valence-electron chi connectivity index (χ0n) is 13.3. The first kappa shape index (κ1) is 15.5. The third-order valence-electron chi connectivity index (χ3n) is 5.87. The first-order valence-electron chi connectivity index (χ1n) is 8.45. The van der Waals surface area contributed by atoms with Gasteiger partial charge in [0.05, 0.1) is 16.6 Å². The van der Waals surface area contributed by atoms with Crippen LogP contribution in [0.4, 0.5) is 0 Å². The Morgan fingerprint density at radius 1 is 1.30 bits per heavy atom. The molecule has 23 heavy (non-hydrogen) atoms. The van der Waals surface area contributed by atoms with Gasteiger partial charge < -0.3 is 15.3 Å². The van der Waals surface area contributed by atoms with Crippen molar-refractivity contribution in [2.24, 2.45) is 5.41 Å². The van der Waals surface area contributed by atoms with Gasteiger partial charge in [0.25, 0.3) is 0 Å². The van der Waals surface area contributed by atoms with Gasteiger partial charge in [0, 0.05) is 51.2 Å². The Morgan fingerprint density at radius 3 is 2.52 bits per heavy atom. The molecule has 1 saturated carbocycles. The lowest BCUT2D eigenvalue weighted by Gasteiger charge is -2.57. The Balaban J connectivity index is 1.37. The molecule has 0 radical (unpaired) electrons. The van der Waals surface area contributed by atoms with Crippen molar-refractivity contribution in [3.05, 3.63) is 16.6 Å². The van der Waals surface area contributed by atoms with E-state index in [2.05, 4.69) is 20.6 Å². The molecule has 7 heteroatoms. The van der Waals surface area contributed by atoms with Crippen LogP contribution in [0.2, 0.25) is 0 Å². The van der Waals surface area contributed by atoms with Crippen LogP contribution < -0.4 is 5.32 Å². The number of hydrogen-bond donors (Lipinski definition) is 2. The second-order valence-electron chi connectivity index (χ2n) is 7.12. The van der Waals surface area contributed by atoms with Crippen molar-refractivity contribution in [3.63, 3.8) is 0 Å². The molecule has 3 fully saturated rings. The Kier molecular flexibility index (Phi) is 3.91. The Labute approximate surface area is 140 Å². The highest BCUT2D eigenvalue weighted by Gasteiger charge is 2.62. The number of nitrogens with one attached hydrogen (secondary N) is 1. The summed E-state index contributed by atoms with van der Waals surface area (Å²) >= 11 is 1.62. The van der Waals surface area contributed by atoms with Crippen LogP contribution >= 0.6 is 11.3 Å². The molecule has 3 heterocycles. The van der Waals surface area contributed by atoms with Crippen molar-refractivity contribution in [3.8, 4) is 0 Å². The van der Waals surface area contributed by atoms with E-state index in [1.54, 1.807) is 11.3 Å². The zero-order chi connectivity index (χ0) is 15.9. The van der Waals surface area contributed by atoms with Gasteiger partial charge in [0.15, 0.2) is 0 Å². The molecule has 0 spiro atoms. The molecule has 2 N–H and O–H groups in total. The molecule has 3 aliphatic rings. The molecule has 2 saturated heterocycles. The van der Waals surface area contributed by atoms with Crippen molar-refractivity contribution in [2.75, 3.05) is 39.3 Å². The molecule has 0 bridgehead atoms. The number of rotatable bonds is 4. The van der Waals surface area contributed by atoms with E-state index in [1.807, 2.05) is 10.4 Å². The van der Waals surface area contributed by atoms with Crippen LogP contribution in [0.15, 0.2) is 10.9 Å². The first-order valence-corrected chi connectivity index (χ1v) is 9.39. The van der Waals surface area contributed by atoms with Crippen molar-refractivity contribution >= 4 is 17.2 Å². The summed E-state index contributed by atoms with van der Waals surface area (Å²) in [5.74, 6) is 0.182. The second kappa shape index (κ2) is 5.81. The summed E-state index contributed by atoms with van der Waals surface area (Å²) in [6.07, 6.45) is 2.73. The molecule has 0 aromatic carbocycles. The predicted molar refractivity (Wildman–Crippen MR) is 88.1 cm³/mol. The van der Waals surface area contributed by atoms with E-state index in [9.17, 15) is 9.90 Å². The van der Waals surface area contributed by atoms with Crippen LogP contribution in [0.5, 0.6) is 0 Å². The largest absolute Gasteiger partial charge is 0.386 e. The normalized spacial score (nSPS) is 26.4. The summed E-state index contributed by atoms with van der Waals surface area (Å²) in [5.41, 5.74) is 1.64. The van der Waals surface area contributed by atoms with Gasteiger partial charge in [-0.2, -0.15) is 0 Å². The lowest BCUT2D eigenvalue weighted by molar-refractivity contribution is -0.189. The van der Waals surface area contributed by atoms with Crippen molar-refractivity contribution in [1.82, 2.24) is 20.1 Å². The van der Waals surface area contributed by atoms with Gasteiger partial charge in [-0.3, -0.25) is 9.69 Å². The Bertz CT molecular complexity index is 561. The minimum absolute atomic E-state index is 0.182. The minimum Gasteiger partial charge on any atom is -0.386 e. The van der Waals surface area contributed by atoms with Gasteiger partial charge in [0.2, 0.25) is 5.91 Å². The third-order valence-corrected chi connectivity index (χ3v) is 6.51. The van der Waals surface area contributed by atoms with E-state index < -0.39 is 11.0 Å². The highest BCUT2D eigenvalue weighted by molar-refractivity contribution is 7.07. The molecule has 2 aliphatic heterocycles. The maximum absolute atomic E-state index is 13.1. The highest BCUT2D eigenvalue weighted by atomic mass is 32.1. The maximum Gasteiger partial charge on any atom is 0.231 e. The number of thiazole rings is 1. The molecule has 1 aromatic rings. The lowest BCUT2D eigenvalue weighted by Crippen LogP contribution is -2.74. The number of piperazine rings is 1. The SMILES string of the molecule is O=C(N1CCN(Cc2cscn2)CC1)C1(C2(O)CNC2)CCC1. The molecule has 6 nitrogen and oxygen atoms in total. The van der Waals surface area contributed by atoms with Crippen molar-refractivity contribution in [1.29, 1.82) is 0 Å². The molecule has 1 amide bonds. The average molecular weight is 336 g/mol. The fourth-order valence-electron chi connectivity index (χ4n) is 4.07. The second-order valence-corrected chi connectivity index (χ2v) is 7.84. The van der Waals surface area contributed by atoms with Crippen LogP contribution in [0.3, 0.4) is 0 Å². The van der Waals surface area contributed by atoms with Gasteiger partial charge in [-0.1, -0.05) is 6.42 Å². The monoisotopic (exact) mass is 336 g/mol. The van der Waals surface area contributed by atoms with Gasteiger partial charge in [-0.15, -0.1) is 11.3 Å². The van der Waals surface area contributed by atoms with Gasteiger partial charge in [0.1, 0.15) is 5.60 Å². The van der Waals surface area contributed by atoms with E-state index in [0.717, 1.165) is 57.7 Å². The van der Waals surface area contributed by atoms with E-state index in [0.29, 0.717) is 13.1 Å². The average Bonchev–Trinajstić information content (AvgIpc) is 2.98. The van der Waals surface area contributed by atoms with Gasteiger partial charge in [-0.05, 0) is 12.8 Å². The molecular formula is C16H24N4O2S. The smallest absolute Gasteiger partial charge is 0.231 e. The van der Waals surface area contributed by atoms with Crippen LogP contribution in [-0.2, 0) is 11.3 Å². The van der Waals surface area contributed by atoms with Gasteiger partial charge in [-0.25, -0.2) is 4.98 Å². The number of aromatic nitrogens is 1. The summed E-state index contributed by atoms with van der Waals surface area (Å²) in [6, 6.07) is 0. The number of aliphatic hydroxyl groups is 1. The highest BCUT2D eigenvalue weighted by Crippen LogP contribution is 2.52. The summed E-state index contributed by atoms with van der Waals surface area (Å²) in [5, 5.41) is 16.0. The first-order chi connectivity index (χ1) is 11.1. The molecule has 1 aliphatic carbocycles. The molecular weight excluding hydrogens is 312 g/mol. The fourth-order valence-corrected chi connectivity index (χ4v) is 4.61. The van der Waals surface area contributed by atoms with E-state index in [-0.39, 0.29) is 5.91 Å². The molecule has 4 rings (SSSR count). The molecule has 126 valence electrons. The number of β-amino-alcohol motifs (C(OH)–C–C–N with tert-alkyl or cyclic N) is 1. The summed E-state index contributed by atoms with van der Waals surface area (Å²) in [7, 11) is 0. The summed E-state index contributed by atoms with van der Waals surface area (Å²) in [4.78, 5) is 21.7. The van der Waals surface area contributed by atoms with Crippen molar-refractivity contribution < 1.29 is 9.90 Å². The van der Waals surface area contributed by atoms with E-state index in [4.69, 9.17) is 0 Å². The predicted octanol–water partition coefficient (Wildman–Crippen LogP) is 0.292. The molecule has 1 aromatic heterocycles. The molecule has 0 atom stereocenters. The number of amides is 1. The summed E-state index contributed by atoms with van der Waals surface area (Å²) in [6.45, 7) is 5.27. The van der Waals surface area contributed by atoms with E-state index >= 15 is 0 Å². The van der Waals surface area contributed by atoms with Crippen LogP contribution in [0.25, 0.3) is 0 Å². The van der Waals surface area contributed by atoms with Gasteiger partial charge >= 0.3 is 0 Å². The molecule has 0 unspecified atom stereocenters. The fraction of sp³-hybridized carbons (Fsp3) is 0.750. The Hall–Kier alpha value is -1.02. The summed E-state index contributed by atoms with van der Waals surface area (Å²) < 4.78 is 0.